The number of nitrogens with zero attached hydrogens (tertiary/aromatic N) is 2. The Morgan fingerprint density at radius 2 is 1.90 bits per heavy atom. The molecule has 1 aliphatic heterocycles. The van der Waals surface area contributed by atoms with Crippen molar-refractivity contribution in [2.75, 3.05) is 19.7 Å². The number of aromatic nitrogens is 1. The number of nitrogens with two attached hydrogens (primary N) is 1. The summed E-state index contributed by atoms with van der Waals surface area (Å²) in [6.45, 7) is 5.35. The van der Waals surface area contributed by atoms with Gasteiger partial charge in [-0.1, -0.05) is 43.3 Å². The number of para-hydroxylation sites is 1. The number of amides is 1. The van der Waals surface area contributed by atoms with Crippen LogP contribution in [-0.4, -0.2) is 35.1 Å². The predicted molar refractivity (Wildman–Crippen MR) is 127 cm³/mol. The number of fused-ring (bicyclic) bond motifs is 2. The summed E-state index contributed by atoms with van der Waals surface area (Å²) >= 11 is 1.47. The third kappa shape index (κ3) is 3.45. The zero-order valence-electron chi connectivity index (χ0n) is 17.9. The number of ether oxygens (including phenoxy) is 1. The van der Waals surface area contributed by atoms with Gasteiger partial charge in [0.15, 0.2) is 0 Å². The van der Waals surface area contributed by atoms with Crippen LogP contribution in [0.25, 0.3) is 21.0 Å². The molecule has 1 amide bonds. The van der Waals surface area contributed by atoms with Crippen molar-refractivity contribution in [1.82, 2.24) is 9.47 Å². The first-order chi connectivity index (χ1) is 15.1. The molecule has 0 radical (unpaired) electrons. The molecular weight excluding hydrogens is 406 g/mol. The number of primary amides is 1. The molecule has 0 spiro atoms. The van der Waals surface area contributed by atoms with E-state index in [1.165, 1.54) is 33.5 Å². The average Bonchev–Trinajstić information content (AvgIpc) is 3.30. The molecule has 160 valence electrons. The smallest absolute Gasteiger partial charge is 0.259 e. The van der Waals surface area contributed by atoms with Gasteiger partial charge in [0.05, 0.1) is 17.6 Å². The van der Waals surface area contributed by atoms with Crippen LogP contribution in [0.1, 0.15) is 39.5 Å². The number of carbonyl (C=O) groups excluding carboxylic acids is 1. The molecule has 1 saturated heterocycles. The van der Waals surface area contributed by atoms with Gasteiger partial charge >= 0.3 is 0 Å². The molecule has 1 aliphatic rings. The Balaban J connectivity index is 1.49. The summed E-state index contributed by atoms with van der Waals surface area (Å²) in [6, 6.07) is 16.7. The number of aryl methyl sites for hydroxylation is 1. The van der Waals surface area contributed by atoms with Crippen molar-refractivity contribution in [3.8, 4) is 0 Å². The molecule has 2 aromatic carbocycles. The van der Waals surface area contributed by atoms with Crippen LogP contribution < -0.4 is 5.73 Å². The Kier molecular flexibility index (Phi) is 5.30. The van der Waals surface area contributed by atoms with Gasteiger partial charge in [0.2, 0.25) is 0 Å². The Hall–Kier alpha value is -2.67. The molecule has 0 aliphatic carbocycles. The molecule has 2 aromatic heterocycles. The normalized spacial score (nSPS) is 17.5. The standard InChI is InChI=1S/C25H27N3O2S/c1-3-19-18(16-8-4-6-10-20(16)27(19)2)14-28-12-13-30-21(15-28)23-17-9-5-7-11-22(17)31-24(23)25(26)29/h4-11,21H,3,12-15H2,1-2H3,(H2,26,29)/t21-/m1/s1. The van der Waals surface area contributed by atoms with Crippen molar-refractivity contribution in [3.05, 3.63) is 70.2 Å². The summed E-state index contributed by atoms with van der Waals surface area (Å²) in [7, 11) is 2.16. The molecular formula is C25H27N3O2S. The third-order valence-electron chi connectivity index (χ3n) is 6.39. The molecule has 0 unspecified atom stereocenters. The van der Waals surface area contributed by atoms with Crippen LogP contribution in [0.15, 0.2) is 48.5 Å². The molecule has 6 heteroatoms. The predicted octanol–water partition coefficient (Wildman–Crippen LogP) is 4.63. The maximum Gasteiger partial charge on any atom is 0.259 e. The summed E-state index contributed by atoms with van der Waals surface area (Å²) in [5, 5.41) is 2.40. The van der Waals surface area contributed by atoms with E-state index in [4.69, 9.17) is 10.5 Å². The fraction of sp³-hybridized carbons (Fsp3) is 0.320. The SMILES string of the molecule is CCc1c(CN2CCO[C@@H](c3c(C(N)=O)sc4ccccc34)C2)c2ccccc2n1C. The van der Waals surface area contributed by atoms with Gasteiger partial charge in [0.1, 0.15) is 0 Å². The lowest BCUT2D eigenvalue weighted by molar-refractivity contribution is -0.0322. The first-order valence-electron chi connectivity index (χ1n) is 10.8. The highest BCUT2D eigenvalue weighted by atomic mass is 32.1. The number of rotatable bonds is 5. The van der Waals surface area contributed by atoms with Crippen molar-refractivity contribution in [2.45, 2.75) is 26.0 Å². The highest BCUT2D eigenvalue weighted by molar-refractivity contribution is 7.21. The molecule has 1 fully saturated rings. The van der Waals surface area contributed by atoms with Gasteiger partial charge in [0.25, 0.3) is 5.91 Å². The van der Waals surface area contributed by atoms with Crippen molar-refractivity contribution in [2.24, 2.45) is 12.8 Å². The lowest BCUT2D eigenvalue weighted by atomic mass is 10.0. The van der Waals surface area contributed by atoms with E-state index in [-0.39, 0.29) is 12.0 Å². The second-order valence-corrected chi connectivity index (χ2v) is 9.21. The van der Waals surface area contributed by atoms with Crippen LogP contribution in [0.2, 0.25) is 0 Å². The van der Waals surface area contributed by atoms with Crippen molar-refractivity contribution in [3.63, 3.8) is 0 Å². The van der Waals surface area contributed by atoms with E-state index in [0.29, 0.717) is 11.5 Å². The van der Waals surface area contributed by atoms with Gasteiger partial charge in [-0.2, -0.15) is 0 Å². The minimum atomic E-state index is -0.376. The van der Waals surface area contributed by atoms with Crippen LogP contribution in [-0.2, 0) is 24.8 Å². The summed E-state index contributed by atoms with van der Waals surface area (Å²) in [6.07, 6.45) is 0.836. The largest absolute Gasteiger partial charge is 0.371 e. The minimum absolute atomic E-state index is 0.160. The number of hydrogen-bond donors (Lipinski definition) is 1. The van der Waals surface area contributed by atoms with E-state index in [2.05, 4.69) is 53.8 Å². The maximum atomic E-state index is 12.2. The third-order valence-corrected chi connectivity index (χ3v) is 7.59. The van der Waals surface area contributed by atoms with Crippen LogP contribution in [0.3, 0.4) is 0 Å². The second kappa shape index (κ2) is 8.11. The number of benzene rings is 2. The topological polar surface area (TPSA) is 60.5 Å². The number of carbonyl (C=O) groups is 1. The van der Waals surface area contributed by atoms with Gasteiger partial charge < -0.3 is 15.0 Å². The molecule has 4 aromatic rings. The minimum Gasteiger partial charge on any atom is -0.371 e. The lowest BCUT2D eigenvalue weighted by Gasteiger charge is -2.33. The Morgan fingerprint density at radius 3 is 2.68 bits per heavy atom. The van der Waals surface area contributed by atoms with Gasteiger partial charge in [-0.15, -0.1) is 11.3 Å². The van der Waals surface area contributed by atoms with Crippen LogP contribution in [0.5, 0.6) is 0 Å². The van der Waals surface area contributed by atoms with E-state index in [9.17, 15) is 4.79 Å². The molecule has 0 saturated carbocycles. The van der Waals surface area contributed by atoms with Crippen LogP contribution >= 0.6 is 11.3 Å². The Bertz CT molecular complexity index is 1270. The highest BCUT2D eigenvalue weighted by Crippen LogP contribution is 2.38. The summed E-state index contributed by atoms with van der Waals surface area (Å²) < 4.78 is 9.59. The van der Waals surface area contributed by atoms with Gasteiger partial charge in [-0.05, 0) is 29.5 Å². The van der Waals surface area contributed by atoms with E-state index >= 15 is 0 Å². The Labute approximate surface area is 186 Å². The van der Waals surface area contributed by atoms with Gasteiger partial charge in [-0.3, -0.25) is 9.69 Å². The first-order valence-corrected chi connectivity index (χ1v) is 11.6. The zero-order chi connectivity index (χ0) is 21.5. The lowest BCUT2D eigenvalue weighted by Crippen LogP contribution is -2.38. The first kappa shape index (κ1) is 20.2. The van der Waals surface area contributed by atoms with Crippen molar-refractivity contribution >= 4 is 38.2 Å². The molecule has 31 heavy (non-hydrogen) atoms. The van der Waals surface area contributed by atoms with Gasteiger partial charge in [-0.25, -0.2) is 0 Å². The maximum absolute atomic E-state index is 12.2. The molecule has 3 heterocycles. The molecule has 2 N–H and O–H groups in total. The number of morpholine rings is 1. The zero-order valence-corrected chi connectivity index (χ0v) is 18.7. The fourth-order valence-corrected chi connectivity index (χ4v) is 6.07. The van der Waals surface area contributed by atoms with E-state index in [0.717, 1.165) is 41.7 Å². The summed E-state index contributed by atoms with van der Waals surface area (Å²) in [4.78, 5) is 15.3. The van der Waals surface area contributed by atoms with E-state index in [1.54, 1.807) is 0 Å². The average molecular weight is 434 g/mol. The highest BCUT2D eigenvalue weighted by Gasteiger charge is 2.30. The van der Waals surface area contributed by atoms with Gasteiger partial charge in [0, 0.05) is 53.5 Å². The summed E-state index contributed by atoms with van der Waals surface area (Å²) in [5.74, 6) is -0.376. The fourth-order valence-electron chi connectivity index (χ4n) is 4.96. The van der Waals surface area contributed by atoms with E-state index < -0.39 is 0 Å². The summed E-state index contributed by atoms with van der Waals surface area (Å²) in [5.41, 5.74) is 10.7. The molecule has 5 nitrogen and oxygen atoms in total. The molecule has 1 atom stereocenters. The quantitative estimate of drug-likeness (QED) is 0.499. The van der Waals surface area contributed by atoms with E-state index in [1.807, 2.05) is 18.2 Å². The molecule has 0 bridgehead atoms. The van der Waals surface area contributed by atoms with Crippen LogP contribution in [0.4, 0.5) is 0 Å². The van der Waals surface area contributed by atoms with Crippen molar-refractivity contribution < 1.29 is 9.53 Å². The number of thiophene rings is 1. The second-order valence-electron chi connectivity index (χ2n) is 8.15. The van der Waals surface area contributed by atoms with Crippen molar-refractivity contribution in [1.29, 1.82) is 0 Å². The monoisotopic (exact) mass is 433 g/mol. The molecule has 5 rings (SSSR count). The van der Waals surface area contributed by atoms with Crippen LogP contribution in [0, 0.1) is 0 Å². The number of hydrogen-bond acceptors (Lipinski definition) is 4. The Morgan fingerprint density at radius 1 is 1.16 bits per heavy atom.